The van der Waals surface area contributed by atoms with Gasteiger partial charge in [-0.05, 0) is 25.2 Å². The van der Waals surface area contributed by atoms with Crippen LogP contribution in [0.1, 0.15) is 37.8 Å². The van der Waals surface area contributed by atoms with Gasteiger partial charge in [0.05, 0.1) is 6.20 Å². The van der Waals surface area contributed by atoms with Crippen molar-refractivity contribution in [3.8, 4) is 0 Å². The van der Waals surface area contributed by atoms with E-state index in [0.29, 0.717) is 5.92 Å². The molecule has 1 saturated heterocycles. The summed E-state index contributed by atoms with van der Waals surface area (Å²) in [5, 5.41) is 4.33. The van der Waals surface area contributed by atoms with Gasteiger partial charge < -0.3 is 10.5 Å². The van der Waals surface area contributed by atoms with Crippen LogP contribution in [0.5, 0.6) is 0 Å². The van der Waals surface area contributed by atoms with Crippen molar-refractivity contribution in [3.05, 3.63) is 18.0 Å². The predicted molar refractivity (Wildman–Crippen MR) is 63.0 cm³/mol. The number of nitrogens with two attached hydrogens (primary N) is 1. The molecule has 1 unspecified atom stereocenters. The Morgan fingerprint density at radius 1 is 1.56 bits per heavy atom. The Kier molecular flexibility index (Phi) is 3.96. The summed E-state index contributed by atoms with van der Waals surface area (Å²) in [7, 11) is 0. The SMILES string of the molecule is CCCn1cc(C(N)C2CCOCC2)cn1. The zero-order chi connectivity index (χ0) is 11.4. The second kappa shape index (κ2) is 5.46. The lowest BCUT2D eigenvalue weighted by molar-refractivity contribution is 0.0583. The van der Waals surface area contributed by atoms with Crippen LogP contribution in [0.25, 0.3) is 0 Å². The summed E-state index contributed by atoms with van der Waals surface area (Å²) in [5.41, 5.74) is 7.44. The molecule has 90 valence electrons. The third-order valence-corrected chi connectivity index (χ3v) is 3.26. The number of aryl methyl sites for hydroxylation is 1. The van der Waals surface area contributed by atoms with Gasteiger partial charge in [0.1, 0.15) is 0 Å². The van der Waals surface area contributed by atoms with Gasteiger partial charge in [-0.3, -0.25) is 4.68 Å². The van der Waals surface area contributed by atoms with Crippen LogP contribution < -0.4 is 5.73 Å². The average molecular weight is 223 g/mol. The Labute approximate surface area is 96.8 Å². The fourth-order valence-electron chi connectivity index (χ4n) is 2.25. The van der Waals surface area contributed by atoms with Gasteiger partial charge in [0.2, 0.25) is 0 Å². The zero-order valence-corrected chi connectivity index (χ0v) is 9.93. The van der Waals surface area contributed by atoms with Crippen LogP contribution in [0.2, 0.25) is 0 Å². The first-order valence-electron chi connectivity index (χ1n) is 6.17. The molecule has 0 aromatic carbocycles. The molecule has 1 atom stereocenters. The topological polar surface area (TPSA) is 53.1 Å². The third-order valence-electron chi connectivity index (χ3n) is 3.26. The van der Waals surface area contributed by atoms with Gasteiger partial charge in [-0.25, -0.2) is 0 Å². The van der Waals surface area contributed by atoms with E-state index in [2.05, 4.69) is 18.2 Å². The summed E-state index contributed by atoms with van der Waals surface area (Å²) in [5.74, 6) is 0.549. The Bertz CT molecular complexity index is 318. The molecule has 1 fully saturated rings. The summed E-state index contributed by atoms with van der Waals surface area (Å²) >= 11 is 0. The number of hydrogen-bond donors (Lipinski definition) is 1. The highest BCUT2D eigenvalue weighted by molar-refractivity contribution is 5.11. The van der Waals surface area contributed by atoms with Crippen LogP contribution in [-0.2, 0) is 11.3 Å². The van der Waals surface area contributed by atoms with Gasteiger partial charge in [0.25, 0.3) is 0 Å². The normalized spacial score (nSPS) is 19.9. The zero-order valence-electron chi connectivity index (χ0n) is 9.93. The lowest BCUT2D eigenvalue weighted by Crippen LogP contribution is -2.27. The van der Waals surface area contributed by atoms with Crippen molar-refractivity contribution in [2.24, 2.45) is 11.7 Å². The molecule has 0 spiro atoms. The molecular formula is C12H21N3O. The van der Waals surface area contributed by atoms with Crippen molar-refractivity contribution < 1.29 is 4.74 Å². The van der Waals surface area contributed by atoms with Gasteiger partial charge in [-0.2, -0.15) is 5.10 Å². The minimum Gasteiger partial charge on any atom is -0.381 e. The first-order chi connectivity index (χ1) is 7.81. The van der Waals surface area contributed by atoms with E-state index in [4.69, 9.17) is 10.5 Å². The van der Waals surface area contributed by atoms with Gasteiger partial charge >= 0.3 is 0 Å². The monoisotopic (exact) mass is 223 g/mol. The maximum atomic E-state index is 6.27. The van der Waals surface area contributed by atoms with Crippen LogP contribution in [0.15, 0.2) is 12.4 Å². The summed E-state index contributed by atoms with van der Waals surface area (Å²) in [6, 6.07) is 0.120. The molecule has 0 saturated carbocycles. The van der Waals surface area contributed by atoms with E-state index in [1.807, 2.05) is 10.9 Å². The Morgan fingerprint density at radius 2 is 2.31 bits per heavy atom. The molecule has 0 radical (unpaired) electrons. The van der Waals surface area contributed by atoms with E-state index in [0.717, 1.165) is 39.0 Å². The molecule has 2 N–H and O–H groups in total. The first-order valence-corrected chi connectivity index (χ1v) is 6.17. The lowest BCUT2D eigenvalue weighted by Gasteiger charge is -2.26. The molecule has 2 rings (SSSR count). The molecule has 1 aliphatic heterocycles. The molecule has 1 aromatic heterocycles. The van der Waals surface area contributed by atoms with Crippen LogP contribution in [-0.4, -0.2) is 23.0 Å². The lowest BCUT2D eigenvalue weighted by atomic mass is 9.89. The molecule has 16 heavy (non-hydrogen) atoms. The van der Waals surface area contributed by atoms with Gasteiger partial charge in [0.15, 0.2) is 0 Å². The number of rotatable bonds is 4. The molecule has 4 heteroatoms. The maximum Gasteiger partial charge on any atom is 0.0537 e. The highest BCUT2D eigenvalue weighted by Gasteiger charge is 2.23. The van der Waals surface area contributed by atoms with E-state index in [-0.39, 0.29) is 6.04 Å². The van der Waals surface area contributed by atoms with Crippen LogP contribution in [0.3, 0.4) is 0 Å². The quantitative estimate of drug-likeness (QED) is 0.845. The molecule has 1 aliphatic rings. The van der Waals surface area contributed by atoms with Gasteiger partial charge in [-0.15, -0.1) is 0 Å². The van der Waals surface area contributed by atoms with Crippen molar-refractivity contribution in [1.82, 2.24) is 9.78 Å². The van der Waals surface area contributed by atoms with Crippen LogP contribution in [0.4, 0.5) is 0 Å². The van der Waals surface area contributed by atoms with Gasteiger partial charge in [0, 0.05) is 37.6 Å². The molecular weight excluding hydrogens is 202 g/mol. The van der Waals surface area contributed by atoms with Crippen molar-refractivity contribution >= 4 is 0 Å². The highest BCUT2D eigenvalue weighted by atomic mass is 16.5. The number of nitrogens with zero attached hydrogens (tertiary/aromatic N) is 2. The minimum absolute atomic E-state index is 0.120. The highest BCUT2D eigenvalue weighted by Crippen LogP contribution is 2.27. The second-order valence-corrected chi connectivity index (χ2v) is 4.51. The molecule has 0 amide bonds. The van der Waals surface area contributed by atoms with Crippen LogP contribution in [0, 0.1) is 5.92 Å². The van der Waals surface area contributed by atoms with E-state index in [1.54, 1.807) is 0 Å². The summed E-state index contributed by atoms with van der Waals surface area (Å²) < 4.78 is 7.33. The molecule has 4 nitrogen and oxygen atoms in total. The second-order valence-electron chi connectivity index (χ2n) is 4.51. The van der Waals surface area contributed by atoms with E-state index in [9.17, 15) is 0 Å². The van der Waals surface area contributed by atoms with E-state index < -0.39 is 0 Å². The Morgan fingerprint density at radius 3 is 3.00 bits per heavy atom. The van der Waals surface area contributed by atoms with Gasteiger partial charge in [-0.1, -0.05) is 6.92 Å². The predicted octanol–water partition coefficient (Wildman–Crippen LogP) is 1.72. The standard InChI is InChI=1S/C12H21N3O/c1-2-5-15-9-11(8-14-15)12(13)10-3-6-16-7-4-10/h8-10,12H,2-7,13H2,1H3. The molecule has 0 aliphatic carbocycles. The van der Waals surface area contributed by atoms with E-state index in [1.165, 1.54) is 5.56 Å². The molecule has 2 heterocycles. The largest absolute Gasteiger partial charge is 0.381 e. The summed E-state index contributed by atoms with van der Waals surface area (Å²) in [6.07, 6.45) is 7.24. The maximum absolute atomic E-state index is 6.27. The van der Waals surface area contributed by atoms with Crippen LogP contribution >= 0.6 is 0 Å². The number of hydrogen-bond acceptors (Lipinski definition) is 3. The van der Waals surface area contributed by atoms with Crippen molar-refractivity contribution in [2.75, 3.05) is 13.2 Å². The number of aromatic nitrogens is 2. The van der Waals surface area contributed by atoms with Crippen molar-refractivity contribution in [2.45, 2.75) is 38.8 Å². The first kappa shape index (κ1) is 11.6. The third kappa shape index (κ3) is 2.62. The Balaban J connectivity index is 1.98. The van der Waals surface area contributed by atoms with E-state index >= 15 is 0 Å². The fourth-order valence-corrected chi connectivity index (χ4v) is 2.25. The van der Waals surface area contributed by atoms with Crippen molar-refractivity contribution in [3.63, 3.8) is 0 Å². The minimum atomic E-state index is 0.120. The molecule has 1 aromatic rings. The summed E-state index contributed by atoms with van der Waals surface area (Å²) in [4.78, 5) is 0. The smallest absolute Gasteiger partial charge is 0.0537 e. The van der Waals surface area contributed by atoms with Crippen molar-refractivity contribution in [1.29, 1.82) is 0 Å². The Hall–Kier alpha value is -0.870. The molecule has 0 bridgehead atoms. The number of ether oxygens (including phenoxy) is 1. The average Bonchev–Trinajstić information content (AvgIpc) is 2.78. The fraction of sp³-hybridized carbons (Fsp3) is 0.750. The summed E-state index contributed by atoms with van der Waals surface area (Å²) in [6.45, 7) is 4.82.